The monoisotopic (exact) mass is 401 g/mol. The third-order valence-electron chi connectivity index (χ3n) is 3.80. The van der Waals surface area contributed by atoms with E-state index in [0.29, 0.717) is 27.9 Å². The fraction of sp³-hybridized carbons (Fsp3) is 0.100. The quantitative estimate of drug-likeness (QED) is 0.527. The summed E-state index contributed by atoms with van der Waals surface area (Å²) in [5.74, 6) is 5.64. The van der Waals surface area contributed by atoms with Crippen LogP contribution in [-0.2, 0) is 0 Å². The topological polar surface area (TPSA) is 98.5 Å². The van der Waals surface area contributed by atoms with Crippen LogP contribution in [0.5, 0.6) is 0 Å². The molecule has 1 amide bonds. The first-order valence-electron chi connectivity index (χ1n) is 8.79. The van der Waals surface area contributed by atoms with Crippen LogP contribution in [-0.4, -0.2) is 35.9 Å². The number of hydrogen-bond acceptors (Lipinski definition) is 7. The molecule has 0 unspecified atom stereocenters. The molecule has 0 saturated carbocycles. The standard InChI is InChI=1S/C20H15N7OS/c1-2-3-6-14-7-4-9-16(23-14)17-13-29-20(24-17)25-19(28)18-12-22-26-27(18)15-8-5-10-21-11-15/h4-5,7-13H,2H2,1H3,(H,24,25,28). The van der Waals surface area contributed by atoms with Crippen LogP contribution >= 0.6 is 11.3 Å². The van der Waals surface area contributed by atoms with Gasteiger partial charge in [-0.05, 0) is 30.2 Å². The molecule has 0 bridgehead atoms. The zero-order chi connectivity index (χ0) is 20.1. The van der Waals surface area contributed by atoms with Crippen molar-refractivity contribution in [2.24, 2.45) is 0 Å². The summed E-state index contributed by atoms with van der Waals surface area (Å²) in [6.07, 6.45) is 5.42. The molecule has 9 heteroatoms. The molecule has 4 aromatic heterocycles. The third-order valence-corrected chi connectivity index (χ3v) is 4.56. The number of nitrogens with zero attached hydrogens (tertiary/aromatic N) is 6. The van der Waals surface area contributed by atoms with Gasteiger partial charge < -0.3 is 0 Å². The van der Waals surface area contributed by atoms with E-state index in [0.717, 1.165) is 6.42 Å². The van der Waals surface area contributed by atoms with E-state index in [4.69, 9.17) is 0 Å². The molecule has 0 aliphatic rings. The number of carbonyl (C=O) groups is 1. The Kier molecular flexibility index (Phi) is 5.36. The van der Waals surface area contributed by atoms with Crippen molar-refractivity contribution in [3.8, 4) is 28.9 Å². The van der Waals surface area contributed by atoms with Crippen LogP contribution in [0.4, 0.5) is 5.13 Å². The summed E-state index contributed by atoms with van der Waals surface area (Å²) in [5, 5.41) is 12.9. The highest BCUT2D eigenvalue weighted by Gasteiger charge is 2.17. The first kappa shape index (κ1) is 18.5. The molecule has 0 aliphatic heterocycles. The zero-order valence-electron chi connectivity index (χ0n) is 15.4. The Hall–Kier alpha value is -3.90. The van der Waals surface area contributed by atoms with E-state index in [1.165, 1.54) is 22.2 Å². The average Bonchev–Trinajstić information content (AvgIpc) is 3.43. The number of aromatic nitrogens is 6. The van der Waals surface area contributed by atoms with Gasteiger partial charge >= 0.3 is 0 Å². The van der Waals surface area contributed by atoms with E-state index in [1.807, 2.05) is 30.5 Å². The Morgan fingerprint density at radius 1 is 1.17 bits per heavy atom. The van der Waals surface area contributed by atoms with Gasteiger partial charge in [-0.2, -0.15) is 0 Å². The molecule has 0 aromatic carbocycles. The molecule has 29 heavy (non-hydrogen) atoms. The SMILES string of the molecule is CCC#Cc1cccc(-c2csc(NC(=O)c3cnnn3-c3cccnc3)n2)n1. The predicted octanol–water partition coefficient (Wildman–Crippen LogP) is 3.19. The fourth-order valence-electron chi connectivity index (χ4n) is 2.50. The van der Waals surface area contributed by atoms with Crippen LogP contribution in [0.3, 0.4) is 0 Å². The number of rotatable bonds is 4. The summed E-state index contributed by atoms with van der Waals surface area (Å²) in [6.45, 7) is 1.99. The van der Waals surface area contributed by atoms with Crippen LogP contribution in [0.25, 0.3) is 17.1 Å². The first-order valence-corrected chi connectivity index (χ1v) is 9.67. The molecule has 0 spiro atoms. The van der Waals surface area contributed by atoms with Gasteiger partial charge in [0.15, 0.2) is 10.8 Å². The Morgan fingerprint density at radius 2 is 2.10 bits per heavy atom. The Labute approximate surface area is 170 Å². The summed E-state index contributed by atoms with van der Waals surface area (Å²) < 4.78 is 1.42. The number of amides is 1. The molecule has 0 aliphatic carbocycles. The molecule has 0 saturated heterocycles. The molecular formula is C20H15N7OS. The van der Waals surface area contributed by atoms with Crippen molar-refractivity contribution in [1.82, 2.24) is 29.9 Å². The van der Waals surface area contributed by atoms with E-state index >= 15 is 0 Å². The molecule has 4 aromatic rings. The second-order valence-corrected chi connectivity index (χ2v) is 6.66. The number of pyridine rings is 2. The molecule has 4 heterocycles. The summed E-state index contributed by atoms with van der Waals surface area (Å²) in [5.41, 5.74) is 2.99. The lowest BCUT2D eigenvalue weighted by molar-refractivity contribution is 0.101. The molecule has 4 rings (SSSR count). The number of anilines is 1. The zero-order valence-corrected chi connectivity index (χ0v) is 16.2. The van der Waals surface area contributed by atoms with Gasteiger partial charge in [0.1, 0.15) is 11.4 Å². The van der Waals surface area contributed by atoms with Crippen molar-refractivity contribution in [2.45, 2.75) is 13.3 Å². The van der Waals surface area contributed by atoms with Gasteiger partial charge in [-0.25, -0.2) is 14.6 Å². The van der Waals surface area contributed by atoms with Gasteiger partial charge in [-0.1, -0.05) is 24.1 Å². The Morgan fingerprint density at radius 3 is 2.93 bits per heavy atom. The maximum Gasteiger partial charge on any atom is 0.277 e. The van der Waals surface area contributed by atoms with Crippen molar-refractivity contribution in [3.63, 3.8) is 0 Å². The van der Waals surface area contributed by atoms with Crippen molar-refractivity contribution < 1.29 is 4.79 Å². The lowest BCUT2D eigenvalue weighted by atomic mass is 10.2. The summed E-state index contributed by atoms with van der Waals surface area (Å²) in [6, 6.07) is 9.16. The number of hydrogen-bond donors (Lipinski definition) is 1. The van der Waals surface area contributed by atoms with Crippen molar-refractivity contribution in [1.29, 1.82) is 0 Å². The van der Waals surface area contributed by atoms with Crippen LogP contribution < -0.4 is 5.32 Å². The minimum Gasteiger partial charge on any atom is -0.296 e. The highest BCUT2D eigenvalue weighted by molar-refractivity contribution is 7.14. The van der Waals surface area contributed by atoms with Gasteiger partial charge in [0.05, 0.1) is 23.8 Å². The number of carbonyl (C=O) groups excluding carboxylic acids is 1. The second kappa shape index (κ2) is 8.41. The minimum atomic E-state index is -0.365. The van der Waals surface area contributed by atoms with E-state index in [1.54, 1.807) is 24.5 Å². The predicted molar refractivity (Wildman–Crippen MR) is 110 cm³/mol. The third kappa shape index (κ3) is 4.17. The minimum absolute atomic E-state index is 0.282. The van der Waals surface area contributed by atoms with Crippen LogP contribution in [0.15, 0.2) is 54.3 Å². The van der Waals surface area contributed by atoms with Crippen LogP contribution in [0.1, 0.15) is 29.5 Å². The molecule has 142 valence electrons. The summed E-state index contributed by atoms with van der Waals surface area (Å²) >= 11 is 1.31. The van der Waals surface area contributed by atoms with Crippen LogP contribution in [0.2, 0.25) is 0 Å². The van der Waals surface area contributed by atoms with Gasteiger partial charge in [-0.3, -0.25) is 15.1 Å². The van der Waals surface area contributed by atoms with Crippen molar-refractivity contribution in [3.05, 3.63) is 65.7 Å². The van der Waals surface area contributed by atoms with E-state index in [9.17, 15) is 4.79 Å². The highest BCUT2D eigenvalue weighted by atomic mass is 32.1. The molecular weight excluding hydrogens is 386 g/mol. The van der Waals surface area contributed by atoms with E-state index in [2.05, 4.69) is 42.4 Å². The molecule has 1 N–H and O–H groups in total. The van der Waals surface area contributed by atoms with Gasteiger partial charge in [0, 0.05) is 18.0 Å². The highest BCUT2D eigenvalue weighted by Crippen LogP contribution is 2.24. The Bertz CT molecular complexity index is 1200. The fourth-order valence-corrected chi connectivity index (χ4v) is 3.19. The second-order valence-electron chi connectivity index (χ2n) is 5.80. The van der Waals surface area contributed by atoms with E-state index < -0.39 is 0 Å². The molecule has 8 nitrogen and oxygen atoms in total. The molecule has 0 radical (unpaired) electrons. The number of nitrogens with one attached hydrogen (secondary N) is 1. The lowest BCUT2D eigenvalue weighted by Crippen LogP contribution is -2.17. The maximum absolute atomic E-state index is 12.7. The molecule has 0 atom stereocenters. The summed E-state index contributed by atoms with van der Waals surface area (Å²) in [4.78, 5) is 25.7. The van der Waals surface area contributed by atoms with Gasteiger partial charge in [0.25, 0.3) is 5.91 Å². The molecule has 0 fully saturated rings. The maximum atomic E-state index is 12.7. The van der Waals surface area contributed by atoms with Gasteiger partial charge in [-0.15, -0.1) is 16.4 Å². The van der Waals surface area contributed by atoms with Crippen LogP contribution in [0, 0.1) is 11.8 Å². The largest absolute Gasteiger partial charge is 0.296 e. The number of thiazole rings is 1. The Balaban J connectivity index is 1.53. The lowest BCUT2D eigenvalue weighted by Gasteiger charge is -2.05. The first-order chi connectivity index (χ1) is 14.2. The smallest absolute Gasteiger partial charge is 0.277 e. The van der Waals surface area contributed by atoms with Crippen molar-refractivity contribution in [2.75, 3.05) is 5.32 Å². The normalized spacial score (nSPS) is 10.2. The summed E-state index contributed by atoms with van der Waals surface area (Å²) in [7, 11) is 0. The van der Waals surface area contributed by atoms with E-state index in [-0.39, 0.29) is 11.6 Å². The average molecular weight is 401 g/mol. The van der Waals surface area contributed by atoms with Gasteiger partial charge in [0.2, 0.25) is 0 Å². The van der Waals surface area contributed by atoms with Crippen molar-refractivity contribution >= 4 is 22.4 Å².